The van der Waals surface area contributed by atoms with E-state index >= 15 is 0 Å². The fraction of sp³-hybridized carbons (Fsp3) is 0.200. The summed E-state index contributed by atoms with van der Waals surface area (Å²) in [6.45, 7) is 2.34. The van der Waals surface area contributed by atoms with Crippen molar-refractivity contribution >= 4 is 32.7 Å². The topological polar surface area (TPSA) is 46.2 Å². The minimum absolute atomic E-state index is 0.363. The maximum absolute atomic E-state index is 11.8. The number of hydrogen-bond donors (Lipinski definition) is 1. The molecule has 0 aliphatic rings. The van der Waals surface area contributed by atoms with Gasteiger partial charge in [-0.1, -0.05) is 6.07 Å². The van der Waals surface area contributed by atoms with Gasteiger partial charge in [-0.3, -0.25) is 0 Å². The Kier molecular flexibility index (Phi) is 3.44. The first-order valence-corrected chi connectivity index (χ1v) is 7.90. The van der Waals surface area contributed by atoms with Crippen LogP contribution in [0.5, 0.6) is 0 Å². The summed E-state index contributed by atoms with van der Waals surface area (Å²) in [6.07, 6.45) is 0. The van der Waals surface area contributed by atoms with Gasteiger partial charge < -0.3 is 0 Å². The monoisotopic (exact) mass is 273 g/mol. The van der Waals surface area contributed by atoms with Crippen molar-refractivity contribution in [3.63, 3.8) is 0 Å². The van der Waals surface area contributed by atoms with Crippen molar-refractivity contribution in [2.45, 2.75) is 17.7 Å². The van der Waals surface area contributed by atoms with E-state index in [-0.39, 0.29) is 0 Å². The zero-order valence-electron chi connectivity index (χ0n) is 8.64. The predicted molar refractivity (Wildman–Crippen MR) is 67.4 cm³/mol. The largest absolute Gasteiger partial charge is 0.250 e. The van der Waals surface area contributed by atoms with Gasteiger partial charge in [-0.25, -0.2) is 13.1 Å². The summed E-state index contributed by atoms with van der Waals surface area (Å²) in [6, 6.07) is 5.32. The van der Waals surface area contributed by atoms with Crippen molar-refractivity contribution in [2.24, 2.45) is 0 Å². The summed E-state index contributed by atoms with van der Waals surface area (Å²) in [4.78, 5) is 1.06. The van der Waals surface area contributed by atoms with Crippen LogP contribution in [0.4, 0.5) is 0 Å². The molecule has 0 amide bonds. The minimum Gasteiger partial charge on any atom is -0.206 e. The van der Waals surface area contributed by atoms with Crippen molar-refractivity contribution in [2.75, 3.05) is 0 Å². The molecule has 1 N–H and O–H groups in total. The molecule has 0 atom stereocenters. The molecular weight excluding hydrogens is 262 g/mol. The lowest BCUT2D eigenvalue weighted by Gasteiger charge is -2.03. The molecule has 16 heavy (non-hydrogen) atoms. The van der Waals surface area contributed by atoms with Crippen LogP contribution in [-0.4, -0.2) is 8.42 Å². The van der Waals surface area contributed by atoms with Crippen molar-refractivity contribution in [1.82, 2.24) is 4.72 Å². The van der Waals surface area contributed by atoms with Gasteiger partial charge in [-0.05, 0) is 35.4 Å². The fourth-order valence-electron chi connectivity index (χ4n) is 1.23. The van der Waals surface area contributed by atoms with Crippen LogP contribution in [0.3, 0.4) is 0 Å². The Morgan fingerprint density at radius 1 is 1.25 bits per heavy atom. The van der Waals surface area contributed by atoms with Crippen molar-refractivity contribution in [1.29, 1.82) is 0 Å². The SMILES string of the molecule is Cc1ccsc1CNS(=O)(=O)c1cccs1. The smallest absolute Gasteiger partial charge is 0.206 e. The second kappa shape index (κ2) is 4.67. The van der Waals surface area contributed by atoms with Crippen LogP contribution in [0.2, 0.25) is 0 Å². The number of rotatable bonds is 4. The van der Waals surface area contributed by atoms with Crippen LogP contribution in [0.1, 0.15) is 10.4 Å². The lowest BCUT2D eigenvalue weighted by atomic mass is 10.3. The first-order chi connectivity index (χ1) is 7.59. The Bertz CT molecular complexity index is 555. The summed E-state index contributed by atoms with van der Waals surface area (Å²) >= 11 is 2.79. The zero-order chi connectivity index (χ0) is 11.6. The van der Waals surface area contributed by atoms with E-state index in [1.165, 1.54) is 11.3 Å². The number of hydrogen-bond acceptors (Lipinski definition) is 4. The van der Waals surface area contributed by atoms with Crippen LogP contribution >= 0.6 is 22.7 Å². The second-order valence-corrected chi connectivity index (χ2v) is 7.23. The van der Waals surface area contributed by atoms with E-state index < -0.39 is 10.0 Å². The van der Waals surface area contributed by atoms with Gasteiger partial charge in [-0.2, -0.15) is 0 Å². The van der Waals surface area contributed by atoms with E-state index in [2.05, 4.69) is 4.72 Å². The molecule has 2 rings (SSSR count). The van der Waals surface area contributed by atoms with E-state index in [1.54, 1.807) is 28.8 Å². The fourth-order valence-corrected chi connectivity index (χ4v) is 4.20. The second-order valence-electron chi connectivity index (χ2n) is 3.28. The van der Waals surface area contributed by atoms with Gasteiger partial charge in [0.05, 0.1) is 0 Å². The summed E-state index contributed by atoms with van der Waals surface area (Å²) in [7, 11) is -3.33. The maximum atomic E-state index is 11.8. The third-order valence-corrected chi connectivity index (χ3v) is 5.97. The third kappa shape index (κ3) is 2.52. The van der Waals surface area contributed by atoms with Crippen LogP contribution in [-0.2, 0) is 16.6 Å². The Hall–Kier alpha value is -0.690. The summed E-state index contributed by atoms with van der Waals surface area (Å²) in [5, 5.41) is 3.72. The van der Waals surface area contributed by atoms with Crippen LogP contribution in [0.15, 0.2) is 33.2 Å². The van der Waals surface area contributed by atoms with E-state index in [0.717, 1.165) is 10.4 Å². The molecule has 0 saturated carbocycles. The number of aryl methyl sites for hydroxylation is 1. The molecule has 2 aromatic rings. The lowest BCUT2D eigenvalue weighted by Crippen LogP contribution is -2.22. The molecule has 0 unspecified atom stereocenters. The van der Waals surface area contributed by atoms with Crippen molar-refractivity contribution in [3.05, 3.63) is 39.4 Å². The molecule has 0 radical (unpaired) electrons. The van der Waals surface area contributed by atoms with Crippen LogP contribution in [0.25, 0.3) is 0 Å². The summed E-state index contributed by atoms with van der Waals surface area (Å²) in [5.41, 5.74) is 1.12. The highest BCUT2D eigenvalue weighted by molar-refractivity contribution is 7.91. The van der Waals surface area contributed by atoms with Gasteiger partial charge in [0.15, 0.2) is 0 Å². The molecule has 0 aromatic carbocycles. The van der Waals surface area contributed by atoms with Gasteiger partial charge in [0.1, 0.15) is 4.21 Å². The third-order valence-electron chi connectivity index (χ3n) is 2.15. The minimum atomic E-state index is -3.33. The molecule has 0 saturated heterocycles. The van der Waals surface area contributed by atoms with Crippen molar-refractivity contribution < 1.29 is 8.42 Å². The van der Waals surface area contributed by atoms with Gasteiger partial charge >= 0.3 is 0 Å². The normalized spacial score (nSPS) is 11.8. The molecule has 2 heterocycles. The van der Waals surface area contributed by atoms with Crippen LogP contribution < -0.4 is 4.72 Å². The molecule has 6 heteroatoms. The number of sulfonamides is 1. The van der Waals surface area contributed by atoms with E-state index in [1.807, 2.05) is 18.4 Å². The van der Waals surface area contributed by atoms with Gasteiger partial charge in [0, 0.05) is 11.4 Å². The standard InChI is InChI=1S/C10H11NO2S3/c1-8-4-6-14-9(8)7-11-16(12,13)10-3-2-5-15-10/h2-6,11H,7H2,1H3. The highest BCUT2D eigenvalue weighted by atomic mass is 32.2. The average Bonchev–Trinajstić information content (AvgIpc) is 2.85. The molecule has 0 fully saturated rings. The number of nitrogens with one attached hydrogen (secondary N) is 1. The van der Waals surface area contributed by atoms with Gasteiger partial charge in [0.25, 0.3) is 0 Å². The highest BCUT2D eigenvalue weighted by Gasteiger charge is 2.15. The Balaban J connectivity index is 2.09. The van der Waals surface area contributed by atoms with Crippen LogP contribution in [0, 0.1) is 6.92 Å². The molecule has 0 bridgehead atoms. The molecule has 2 aromatic heterocycles. The predicted octanol–water partition coefficient (Wildman–Crippen LogP) is 2.60. The summed E-state index contributed by atoms with van der Waals surface area (Å²) < 4.78 is 26.6. The first-order valence-electron chi connectivity index (χ1n) is 4.66. The highest BCUT2D eigenvalue weighted by Crippen LogP contribution is 2.18. The van der Waals surface area contributed by atoms with Crippen molar-refractivity contribution in [3.8, 4) is 0 Å². The summed E-state index contributed by atoms with van der Waals surface area (Å²) in [5.74, 6) is 0. The molecule has 86 valence electrons. The molecule has 3 nitrogen and oxygen atoms in total. The lowest BCUT2D eigenvalue weighted by molar-refractivity contribution is 0.584. The van der Waals surface area contributed by atoms with E-state index in [0.29, 0.717) is 10.8 Å². The molecular formula is C10H11NO2S3. The first kappa shape index (κ1) is 11.8. The van der Waals surface area contributed by atoms with E-state index in [4.69, 9.17) is 0 Å². The maximum Gasteiger partial charge on any atom is 0.250 e. The molecule has 0 aliphatic heterocycles. The van der Waals surface area contributed by atoms with Gasteiger partial charge in [-0.15, -0.1) is 22.7 Å². The van der Waals surface area contributed by atoms with E-state index in [9.17, 15) is 8.42 Å². The average molecular weight is 273 g/mol. The Morgan fingerprint density at radius 3 is 2.62 bits per heavy atom. The zero-order valence-corrected chi connectivity index (χ0v) is 11.1. The Morgan fingerprint density at radius 2 is 2.06 bits per heavy atom. The number of thiophene rings is 2. The molecule has 0 aliphatic carbocycles. The Labute approximate surface area is 103 Å². The van der Waals surface area contributed by atoms with Gasteiger partial charge in [0.2, 0.25) is 10.0 Å². The molecule has 0 spiro atoms. The quantitative estimate of drug-likeness (QED) is 0.930.